The lowest BCUT2D eigenvalue weighted by molar-refractivity contribution is -0.124. The summed E-state index contributed by atoms with van der Waals surface area (Å²) >= 11 is 0. The van der Waals surface area contributed by atoms with Crippen molar-refractivity contribution in [3.63, 3.8) is 0 Å². The highest BCUT2D eigenvalue weighted by atomic mass is 16.2. The molecule has 7 heteroatoms. The van der Waals surface area contributed by atoms with Gasteiger partial charge >= 0.3 is 0 Å². The van der Waals surface area contributed by atoms with Crippen molar-refractivity contribution in [3.05, 3.63) is 65.2 Å². The van der Waals surface area contributed by atoms with E-state index in [4.69, 9.17) is 5.26 Å². The van der Waals surface area contributed by atoms with E-state index in [2.05, 4.69) is 24.5 Å². The van der Waals surface area contributed by atoms with E-state index in [1.54, 1.807) is 47.4 Å². The van der Waals surface area contributed by atoms with Crippen LogP contribution in [-0.2, 0) is 4.79 Å². The first-order valence-corrected chi connectivity index (χ1v) is 10.9. The largest absolute Gasteiger partial charge is 0.354 e. The van der Waals surface area contributed by atoms with Crippen LogP contribution in [-0.4, -0.2) is 41.8 Å². The molecule has 166 valence electrons. The van der Waals surface area contributed by atoms with Crippen molar-refractivity contribution in [2.45, 2.75) is 39.2 Å². The minimum Gasteiger partial charge on any atom is -0.354 e. The number of carbonyl (C=O) groups excluding carboxylic acids is 3. The molecule has 0 radical (unpaired) electrons. The smallest absolute Gasteiger partial charge is 0.255 e. The molecule has 0 saturated carbocycles. The van der Waals surface area contributed by atoms with Gasteiger partial charge in [-0.25, -0.2) is 0 Å². The van der Waals surface area contributed by atoms with Gasteiger partial charge in [0.15, 0.2) is 0 Å². The van der Waals surface area contributed by atoms with Crippen molar-refractivity contribution in [2.24, 2.45) is 5.92 Å². The highest BCUT2D eigenvalue weighted by Gasteiger charge is 2.34. The van der Waals surface area contributed by atoms with E-state index in [-0.39, 0.29) is 17.7 Å². The molecule has 1 saturated heterocycles. The molecule has 0 spiro atoms. The van der Waals surface area contributed by atoms with E-state index in [0.717, 1.165) is 12.8 Å². The number of likely N-dealkylation sites (tertiary alicyclic amines) is 1. The standard InChI is InChI=1S/C25H28N4O3/c1-17(2)11-12-27-24(31)22-10-5-13-29(22)25(32)20-8-4-9-21(15-20)28-23(30)19-7-3-6-18(14-19)16-26/h3-4,6-9,14-15,17,22H,5,10-13H2,1-2H3,(H,27,31)(H,28,30)/t22-/m0/s1. The Bertz CT molecular complexity index is 1040. The van der Waals surface area contributed by atoms with Crippen LogP contribution in [0.5, 0.6) is 0 Å². The first kappa shape index (κ1) is 23.0. The predicted octanol–water partition coefficient (Wildman–Crippen LogP) is 3.58. The Labute approximate surface area is 188 Å². The number of benzene rings is 2. The maximum atomic E-state index is 13.1. The van der Waals surface area contributed by atoms with Gasteiger partial charge in [-0.1, -0.05) is 26.0 Å². The Kier molecular flexibility index (Phi) is 7.61. The van der Waals surface area contributed by atoms with Crippen LogP contribution in [0.25, 0.3) is 0 Å². The summed E-state index contributed by atoms with van der Waals surface area (Å²) in [6, 6.07) is 14.6. The van der Waals surface area contributed by atoms with Crippen LogP contribution in [0, 0.1) is 17.2 Å². The maximum Gasteiger partial charge on any atom is 0.255 e. The lowest BCUT2D eigenvalue weighted by Gasteiger charge is -2.24. The molecule has 0 aliphatic carbocycles. The van der Waals surface area contributed by atoms with E-state index in [1.165, 1.54) is 6.07 Å². The molecule has 0 bridgehead atoms. The van der Waals surface area contributed by atoms with Gasteiger partial charge in [-0.3, -0.25) is 14.4 Å². The third-order valence-corrected chi connectivity index (χ3v) is 5.46. The average Bonchev–Trinajstić information content (AvgIpc) is 3.28. The number of anilines is 1. The number of carbonyl (C=O) groups is 3. The van der Waals surface area contributed by atoms with Crippen LogP contribution in [0.1, 0.15) is 59.4 Å². The average molecular weight is 433 g/mol. The van der Waals surface area contributed by atoms with Gasteiger partial charge in [-0.15, -0.1) is 0 Å². The summed E-state index contributed by atoms with van der Waals surface area (Å²) in [6.07, 6.45) is 2.32. The van der Waals surface area contributed by atoms with Crippen molar-refractivity contribution in [2.75, 3.05) is 18.4 Å². The highest BCUT2D eigenvalue weighted by Crippen LogP contribution is 2.22. The van der Waals surface area contributed by atoms with Crippen molar-refractivity contribution in [1.82, 2.24) is 10.2 Å². The topological polar surface area (TPSA) is 102 Å². The molecule has 1 atom stereocenters. The monoisotopic (exact) mass is 432 g/mol. The Hall–Kier alpha value is -3.66. The summed E-state index contributed by atoms with van der Waals surface area (Å²) in [5.74, 6) is -0.209. The van der Waals surface area contributed by atoms with Crippen LogP contribution in [0.3, 0.4) is 0 Å². The molecular weight excluding hydrogens is 404 g/mol. The fourth-order valence-electron chi connectivity index (χ4n) is 3.71. The van der Waals surface area contributed by atoms with Gasteiger partial charge in [0.05, 0.1) is 11.6 Å². The van der Waals surface area contributed by atoms with Gasteiger partial charge in [0.1, 0.15) is 6.04 Å². The number of nitriles is 1. The minimum atomic E-state index is -0.471. The van der Waals surface area contributed by atoms with Gasteiger partial charge in [0, 0.05) is 29.9 Å². The molecule has 0 aromatic heterocycles. The fourth-order valence-corrected chi connectivity index (χ4v) is 3.71. The lowest BCUT2D eigenvalue weighted by Crippen LogP contribution is -2.46. The van der Waals surface area contributed by atoms with E-state index in [1.807, 2.05) is 6.07 Å². The Morgan fingerprint density at radius 3 is 2.62 bits per heavy atom. The normalized spacial score (nSPS) is 15.3. The molecule has 1 heterocycles. The molecule has 2 N–H and O–H groups in total. The molecule has 0 unspecified atom stereocenters. The van der Waals surface area contributed by atoms with Gasteiger partial charge in [-0.2, -0.15) is 5.26 Å². The molecule has 7 nitrogen and oxygen atoms in total. The second kappa shape index (κ2) is 10.6. The quantitative estimate of drug-likeness (QED) is 0.698. The van der Waals surface area contributed by atoms with Crippen LogP contribution < -0.4 is 10.6 Å². The number of hydrogen-bond donors (Lipinski definition) is 2. The van der Waals surface area contributed by atoms with Gasteiger partial charge in [-0.05, 0) is 61.6 Å². The van der Waals surface area contributed by atoms with Gasteiger partial charge in [0.25, 0.3) is 11.8 Å². The van der Waals surface area contributed by atoms with Gasteiger partial charge in [0.2, 0.25) is 5.91 Å². The van der Waals surface area contributed by atoms with Crippen LogP contribution >= 0.6 is 0 Å². The van der Waals surface area contributed by atoms with Crippen LogP contribution in [0.2, 0.25) is 0 Å². The Morgan fingerprint density at radius 1 is 1.12 bits per heavy atom. The number of nitrogens with one attached hydrogen (secondary N) is 2. The zero-order chi connectivity index (χ0) is 23.1. The van der Waals surface area contributed by atoms with Crippen molar-refractivity contribution >= 4 is 23.4 Å². The molecule has 1 aliphatic rings. The van der Waals surface area contributed by atoms with Crippen LogP contribution in [0.15, 0.2) is 48.5 Å². The molecule has 2 aromatic rings. The van der Waals surface area contributed by atoms with E-state index >= 15 is 0 Å². The summed E-state index contributed by atoms with van der Waals surface area (Å²) in [5, 5.41) is 14.7. The third-order valence-electron chi connectivity index (χ3n) is 5.46. The predicted molar refractivity (Wildman–Crippen MR) is 122 cm³/mol. The van der Waals surface area contributed by atoms with Gasteiger partial charge < -0.3 is 15.5 Å². The van der Waals surface area contributed by atoms with E-state index < -0.39 is 6.04 Å². The molecule has 3 amide bonds. The zero-order valence-electron chi connectivity index (χ0n) is 18.4. The minimum absolute atomic E-state index is 0.113. The van der Waals surface area contributed by atoms with E-state index in [0.29, 0.717) is 47.8 Å². The second-order valence-electron chi connectivity index (χ2n) is 8.36. The molecule has 1 aliphatic heterocycles. The lowest BCUT2D eigenvalue weighted by atomic mass is 10.1. The number of amides is 3. The summed E-state index contributed by atoms with van der Waals surface area (Å²) < 4.78 is 0. The van der Waals surface area contributed by atoms with Crippen molar-refractivity contribution in [1.29, 1.82) is 5.26 Å². The second-order valence-corrected chi connectivity index (χ2v) is 8.36. The molecule has 3 rings (SSSR count). The van der Waals surface area contributed by atoms with E-state index in [9.17, 15) is 14.4 Å². The summed E-state index contributed by atoms with van der Waals surface area (Å²) in [5.41, 5.74) is 1.64. The molecule has 1 fully saturated rings. The summed E-state index contributed by atoms with van der Waals surface area (Å²) in [4.78, 5) is 39.9. The first-order chi connectivity index (χ1) is 15.4. The molecule has 32 heavy (non-hydrogen) atoms. The summed E-state index contributed by atoms with van der Waals surface area (Å²) in [7, 11) is 0. The Morgan fingerprint density at radius 2 is 1.88 bits per heavy atom. The molecular formula is C25H28N4O3. The summed E-state index contributed by atoms with van der Waals surface area (Å²) in [6.45, 7) is 5.33. The fraction of sp³-hybridized carbons (Fsp3) is 0.360. The van der Waals surface area contributed by atoms with Crippen molar-refractivity contribution < 1.29 is 14.4 Å². The van der Waals surface area contributed by atoms with Crippen LogP contribution in [0.4, 0.5) is 5.69 Å². The maximum absolute atomic E-state index is 13.1. The van der Waals surface area contributed by atoms with Crippen molar-refractivity contribution in [3.8, 4) is 6.07 Å². The SMILES string of the molecule is CC(C)CCNC(=O)[C@@H]1CCCN1C(=O)c1cccc(NC(=O)c2cccc(C#N)c2)c1. The highest BCUT2D eigenvalue weighted by molar-refractivity contribution is 6.05. The third kappa shape index (κ3) is 5.73. The zero-order valence-corrected chi connectivity index (χ0v) is 18.4. The Balaban J connectivity index is 1.68. The first-order valence-electron chi connectivity index (χ1n) is 10.9. The number of rotatable bonds is 7. The number of nitrogens with zero attached hydrogens (tertiary/aromatic N) is 2. The molecule has 2 aromatic carbocycles. The number of hydrogen-bond acceptors (Lipinski definition) is 4.